The summed E-state index contributed by atoms with van der Waals surface area (Å²) in [5.74, 6) is 0. The third-order valence-corrected chi connectivity index (χ3v) is 0.655. The van der Waals surface area contributed by atoms with E-state index in [0.29, 0.717) is 0 Å². The van der Waals surface area contributed by atoms with Gasteiger partial charge in [0.2, 0.25) is 0 Å². The van der Waals surface area contributed by atoms with Crippen LogP contribution in [0.3, 0.4) is 0 Å². The zero-order chi connectivity index (χ0) is 6.57. The topological polar surface area (TPSA) is 49.4 Å². The summed E-state index contributed by atoms with van der Waals surface area (Å²) in [6.45, 7) is 0. The van der Waals surface area contributed by atoms with E-state index in [1.807, 2.05) is 0 Å². The molecule has 9 heavy (non-hydrogen) atoms. The summed E-state index contributed by atoms with van der Waals surface area (Å²) in [4.78, 5) is 20.7. The second-order valence-electron chi connectivity index (χ2n) is 1.21. The van der Waals surface area contributed by atoms with Crippen molar-refractivity contribution in [3.63, 3.8) is 0 Å². The molecule has 4 nitrogen and oxygen atoms in total. The van der Waals surface area contributed by atoms with Crippen LogP contribution in [-0.4, -0.2) is 31.4 Å². The Balaban J connectivity index is 0. The molecule has 0 saturated heterocycles. The Morgan fingerprint density at radius 2 is 2.11 bits per heavy atom. The van der Waals surface area contributed by atoms with Gasteiger partial charge < -0.3 is 19.8 Å². The van der Waals surface area contributed by atoms with Crippen molar-refractivity contribution in [2.75, 3.05) is 14.1 Å². The standard InChI is InChI=1S/C4H7N2O2.Y/c1-5-4(8)6(2)3-7;/h1-2H3,(H,5,8);/q-1;. The number of rotatable bonds is 1. The van der Waals surface area contributed by atoms with Crippen LogP contribution in [0.2, 0.25) is 0 Å². The minimum absolute atomic E-state index is 0. The summed E-state index contributed by atoms with van der Waals surface area (Å²) in [7, 11) is 2.77. The summed E-state index contributed by atoms with van der Waals surface area (Å²) in [5.41, 5.74) is 0. The number of carbonyl (C=O) groups excluding carboxylic acids is 2. The maximum Gasteiger partial charge on any atom is 0.163 e. The Kier molecular flexibility index (Phi) is 8.08. The normalized spacial score (nSPS) is 6.89. The first-order valence-corrected chi connectivity index (χ1v) is 2.05. The Morgan fingerprint density at radius 1 is 1.67 bits per heavy atom. The summed E-state index contributed by atoms with van der Waals surface area (Å²) in [6.07, 6.45) is 1.39. The van der Waals surface area contributed by atoms with E-state index in [0.717, 1.165) is 4.90 Å². The van der Waals surface area contributed by atoms with Gasteiger partial charge in [-0.05, 0) is 14.1 Å². The fourth-order valence-electron chi connectivity index (χ4n) is 0.209. The molecular weight excluding hydrogens is 197 g/mol. The fraction of sp³-hybridized carbons (Fsp3) is 0.500. The predicted octanol–water partition coefficient (Wildman–Crippen LogP) is -0.678. The molecule has 1 radical (unpaired) electrons. The van der Waals surface area contributed by atoms with Crippen molar-refractivity contribution in [1.82, 2.24) is 10.2 Å². The fourth-order valence-corrected chi connectivity index (χ4v) is 0.209. The average Bonchev–Trinajstić information content (AvgIpc) is 1.84. The molecule has 0 aliphatic carbocycles. The van der Waals surface area contributed by atoms with Gasteiger partial charge in [0.05, 0.1) is 6.41 Å². The Bertz CT molecular complexity index is 107. The number of hydrogen-bond acceptors (Lipinski definition) is 2. The summed E-state index contributed by atoms with van der Waals surface area (Å²) < 4.78 is 0. The largest absolute Gasteiger partial charge is 0.434 e. The predicted molar refractivity (Wildman–Crippen MR) is 27.9 cm³/mol. The zero-order valence-electron chi connectivity index (χ0n) is 5.34. The molecule has 0 rings (SSSR count). The summed E-state index contributed by atoms with van der Waals surface area (Å²) >= 11 is 0. The van der Waals surface area contributed by atoms with E-state index in [4.69, 9.17) is 0 Å². The van der Waals surface area contributed by atoms with Gasteiger partial charge in [-0.15, -0.1) is 0 Å². The molecule has 0 aliphatic heterocycles. The average molecular weight is 204 g/mol. The monoisotopic (exact) mass is 204 g/mol. The molecule has 3 amide bonds. The van der Waals surface area contributed by atoms with Crippen molar-refractivity contribution in [3.8, 4) is 0 Å². The van der Waals surface area contributed by atoms with Crippen LogP contribution in [0.1, 0.15) is 0 Å². The molecule has 0 aromatic heterocycles. The van der Waals surface area contributed by atoms with Crippen LogP contribution in [-0.2, 0) is 37.5 Å². The molecule has 1 N–H and O–H groups in total. The molecular formula is C4H7N2O2Y-. The van der Waals surface area contributed by atoms with Crippen molar-refractivity contribution in [3.05, 3.63) is 0 Å². The van der Waals surface area contributed by atoms with Crippen LogP contribution in [0, 0.1) is 0 Å². The number of hydrogen-bond donors (Lipinski definition) is 1. The number of nitrogens with one attached hydrogen (secondary N) is 1. The van der Waals surface area contributed by atoms with Crippen LogP contribution in [0.25, 0.3) is 0 Å². The van der Waals surface area contributed by atoms with Gasteiger partial charge in [-0.25, -0.2) is 0 Å². The molecule has 0 aliphatic rings. The first-order chi connectivity index (χ1) is 3.72. The van der Waals surface area contributed by atoms with Crippen molar-refractivity contribution in [1.29, 1.82) is 0 Å². The van der Waals surface area contributed by atoms with Gasteiger partial charge in [0.1, 0.15) is 0 Å². The number of imide groups is 1. The first kappa shape index (κ1) is 11.8. The van der Waals surface area contributed by atoms with E-state index in [1.165, 1.54) is 20.5 Å². The third-order valence-electron chi connectivity index (χ3n) is 0.655. The van der Waals surface area contributed by atoms with E-state index < -0.39 is 6.03 Å². The van der Waals surface area contributed by atoms with Crippen molar-refractivity contribution >= 4 is 12.4 Å². The van der Waals surface area contributed by atoms with Gasteiger partial charge in [-0.2, -0.15) is 0 Å². The molecule has 0 aromatic carbocycles. The van der Waals surface area contributed by atoms with Crippen molar-refractivity contribution in [2.24, 2.45) is 0 Å². The molecule has 0 aromatic rings. The van der Waals surface area contributed by atoms with Crippen molar-refractivity contribution in [2.45, 2.75) is 0 Å². The second kappa shape index (κ2) is 6.17. The van der Waals surface area contributed by atoms with Crippen LogP contribution >= 0.6 is 0 Å². The van der Waals surface area contributed by atoms with Gasteiger partial charge in [0.15, 0.2) is 6.03 Å². The zero-order valence-corrected chi connectivity index (χ0v) is 8.18. The molecule has 0 saturated carbocycles. The van der Waals surface area contributed by atoms with E-state index in [-0.39, 0.29) is 32.7 Å². The minimum atomic E-state index is -0.458. The van der Waals surface area contributed by atoms with Crippen molar-refractivity contribution < 1.29 is 42.3 Å². The second-order valence-corrected chi connectivity index (χ2v) is 1.21. The quantitative estimate of drug-likeness (QED) is 0.454. The number of nitrogens with zero attached hydrogens (tertiary/aromatic N) is 1. The van der Waals surface area contributed by atoms with Gasteiger partial charge in [-0.1, -0.05) is 0 Å². The third kappa shape index (κ3) is 4.54. The number of amides is 3. The molecule has 0 heterocycles. The van der Waals surface area contributed by atoms with Gasteiger partial charge in [-0.3, -0.25) is 0 Å². The first-order valence-electron chi connectivity index (χ1n) is 2.05. The number of carbonyl (C=O) groups is 1. The van der Waals surface area contributed by atoms with E-state index in [1.54, 1.807) is 0 Å². The van der Waals surface area contributed by atoms with Gasteiger partial charge in [0, 0.05) is 32.7 Å². The minimum Gasteiger partial charge on any atom is -0.434 e. The summed E-state index contributed by atoms with van der Waals surface area (Å²) in [6, 6.07) is -0.458. The SMILES string of the molecule is CNC(=O)N(C)[C-]=O.[Y]. The van der Waals surface area contributed by atoms with E-state index >= 15 is 0 Å². The molecule has 0 atom stereocenters. The Hall–Kier alpha value is 0.0439. The maximum absolute atomic E-state index is 10.3. The Morgan fingerprint density at radius 3 is 2.22 bits per heavy atom. The molecule has 0 bridgehead atoms. The molecule has 49 valence electrons. The summed E-state index contributed by atoms with van der Waals surface area (Å²) in [5, 5.41) is 2.24. The molecule has 0 spiro atoms. The van der Waals surface area contributed by atoms with Gasteiger partial charge in [0.25, 0.3) is 0 Å². The smallest absolute Gasteiger partial charge is 0.163 e. The maximum atomic E-state index is 10.3. The molecule has 0 unspecified atom stereocenters. The van der Waals surface area contributed by atoms with Gasteiger partial charge >= 0.3 is 0 Å². The van der Waals surface area contributed by atoms with Crippen LogP contribution in [0.15, 0.2) is 0 Å². The number of urea groups is 1. The van der Waals surface area contributed by atoms with E-state index in [2.05, 4.69) is 5.32 Å². The van der Waals surface area contributed by atoms with Crippen LogP contribution in [0.4, 0.5) is 4.79 Å². The van der Waals surface area contributed by atoms with Crippen LogP contribution in [0.5, 0.6) is 0 Å². The van der Waals surface area contributed by atoms with E-state index in [9.17, 15) is 9.59 Å². The van der Waals surface area contributed by atoms with Crippen LogP contribution < -0.4 is 5.32 Å². The molecule has 5 heteroatoms. The molecule has 0 fully saturated rings. The Labute approximate surface area is 78.9 Å².